The molecule has 2 rings (SSSR count). The van der Waals surface area contributed by atoms with E-state index in [1.54, 1.807) is 0 Å². The van der Waals surface area contributed by atoms with Crippen LogP contribution in [-0.2, 0) is 0 Å². The molecule has 4 heteroatoms. The third kappa shape index (κ3) is 2.21. The first-order valence-electron chi connectivity index (χ1n) is 5.80. The molecule has 1 aromatic rings. The Morgan fingerprint density at radius 2 is 2.31 bits per heavy atom. The molecule has 0 atom stereocenters. The molecule has 0 saturated heterocycles. The van der Waals surface area contributed by atoms with Crippen LogP contribution in [0.4, 0.5) is 5.69 Å². The van der Waals surface area contributed by atoms with Crippen LogP contribution in [0.25, 0.3) is 0 Å². The minimum Gasteiger partial charge on any atom is -0.398 e. The van der Waals surface area contributed by atoms with Crippen molar-refractivity contribution in [1.82, 2.24) is 4.90 Å². The molecule has 16 heavy (non-hydrogen) atoms. The highest BCUT2D eigenvalue weighted by Gasteiger charge is 2.33. The maximum Gasteiger partial charge on any atom is 0.264 e. The molecule has 1 aliphatic carbocycles. The summed E-state index contributed by atoms with van der Waals surface area (Å²) in [5.41, 5.74) is 6.52. The number of carbonyl (C=O) groups excluding carboxylic acids is 1. The Kier molecular flexibility index (Phi) is 3.19. The standard InChI is InChI=1S/C12H18N2OS/c1-3-6-14(9-4-5-9)12(15)11-7-10(13)8(2)16-11/h7,9H,3-6,13H2,1-2H3. The number of nitrogens with zero attached hydrogens (tertiary/aromatic N) is 1. The van der Waals surface area contributed by atoms with Crippen LogP contribution in [0, 0.1) is 6.92 Å². The van der Waals surface area contributed by atoms with Crippen molar-refractivity contribution >= 4 is 22.9 Å². The second-order valence-electron chi connectivity index (χ2n) is 4.35. The molecule has 1 fully saturated rings. The zero-order chi connectivity index (χ0) is 11.7. The first-order chi connectivity index (χ1) is 7.63. The van der Waals surface area contributed by atoms with Crippen LogP contribution < -0.4 is 5.73 Å². The summed E-state index contributed by atoms with van der Waals surface area (Å²) in [5, 5.41) is 0. The van der Waals surface area contributed by atoms with Gasteiger partial charge in [0.1, 0.15) is 0 Å². The summed E-state index contributed by atoms with van der Waals surface area (Å²) in [7, 11) is 0. The number of rotatable bonds is 4. The SMILES string of the molecule is CCCN(C(=O)c1cc(N)c(C)s1)C1CC1. The number of aryl methyl sites for hydroxylation is 1. The molecule has 1 heterocycles. The summed E-state index contributed by atoms with van der Waals surface area (Å²) < 4.78 is 0. The van der Waals surface area contributed by atoms with Gasteiger partial charge in [0.25, 0.3) is 5.91 Å². The highest BCUT2D eigenvalue weighted by molar-refractivity contribution is 7.14. The molecule has 1 aromatic heterocycles. The Balaban J connectivity index is 2.15. The molecular weight excluding hydrogens is 220 g/mol. The van der Waals surface area contributed by atoms with Crippen LogP contribution >= 0.6 is 11.3 Å². The van der Waals surface area contributed by atoms with Gasteiger partial charge in [-0.15, -0.1) is 11.3 Å². The Morgan fingerprint density at radius 1 is 1.62 bits per heavy atom. The van der Waals surface area contributed by atoms with Crippen molar-refractivity contribution in [2.45, 2.75) is 39.2 Å². The van der Waals surface area contributed by atoms with Gasteiger partial charge < -0.3 is 10.6 Å². The molecule has 1 amide bonds. The normalized spacial score (nSPS) is 15.1. The smallest absolute Gasteiger partial charge is 0.264 e. The fourth-order valence-corrected chi connectivity index (χ4v) is 2.72. The lowest BCUT2D eigenvalue weighted by atomic mass is 10.3. The fraction of sp³-hybridized carbons (Fsp3) is 0.583. The van der Waals surface area contributed by atoms with Gasteiger partial charge in [0.05, 0.1) is 4.88 Å². The van der Waals surface area contributed by atoms with Crippen molar-refractivity contribution in [1.29, 1.82) is 0 Å². The lowest BCUT2D eigenvalue weighted by molar-refractivity contribution is 0.0748. The quantitative estimate of drug-likeness (QED) is 0.876. The number of nitrogen functional groups attached to an aromatic ring is 1. The van der Waals surface area contributed by atoms with Crippen molar-refractivity contribution in [2.75, 3.05) is 12.3 Å². The molecule has 2 N–H and O–H groups in total. The minimum absolute atomic E-state index is 0.161. The third-order valence-electron chi connectivity index (χ3n) is 2.88. The maximum absolute atomic E-state index is 12.3. The van der Waals surface area contributed by atoms with Gasteiger partial charge in [-0.05, 0) is 32.3 Å². The first kappa shape index (κ1) is 11.5. The number of carbonyl (C=O) groups is 1. The molecule has 1 aliphatic rings. The number of hydrogen-bond acceptors (Lipinski definition) is 3. The molecule has 1 saturated carbocycles. The predicted octanol–water partition coefficient (Wildman–Crippen LogP) is 2.65. The van der Waals surface area contributed by atoms with E-state index in [9.17, 15) is 4.79 Å². The minimum atomic E-state index is 0.161. The number of amides is 1. The number of nitrogens with two attached hydrogens (primary N) is 1. The second-order valence-corrected chi connectivity index (χ2v) is 5.61. The van der Waals surface area contributed by atoms with E-state index in [1.165, 1.54) is 11.3 Å². The van der Waals surface area contributed by atoms with Gasteiger partial charge in [-0.2, -0.15) is 0 Å². The predicted molar refractivity (Wildman–Crippen MR) is 67.8 cm³/mol. The highest BCUT2D eigenvalue weighted by Crippen LogP contribution is 2.31. The van der Waals surface area contributed by atoms with Crippen LogP contribution in [0.3, 0.4) is 0 Å². The van der Waals surface area contributed by atoms with E-state index in [4.69, 9.17) is 5.73 Å². The summed E-state index contributed by atoms with van der Waals surface area (Å²) in [5.74, 6) is 0.161. The van der Waals surface area contributed by atoms with Crippen LogP contribution in [0.15, 0.2) is 6.07 Å². The molecule has 0 aromatic carbocycles. The van der Waals surface area contributed by atoms with Gasteiger partial charge in [0, 0.05) is 23.2 Å². The van der Waals surface area contributed by atoms with E-state index < -0.39 is 0 Å². The average Bonchev–Trinajstić information content (AvgIpc) is 3.02. The van der Waals surface area contributed by atoms with Crippen molar-refractivity contribution in [2.24, 2.45) is 0 Å². The average molecular weight is 238 g/mol. The zero-order valence-corrected chi connectivity index (χ0v) is 10.6. The van der Waals surface area contributed by atoms with E-state index in [0.29, 0.717) is 6.04 Å². The molecular formula is C12H18N2OS. The highest BCUT2D eigenvalue weighted by atomic mass is 32.1. The largest absolute Gasteiger partial charge is 0.398 e. The topological polar surface area (TPSA) is 46.3 Å². The number of hydrogen-bond donors (Lipinski definition) is 1. The number of thiophene rings is 1. The summed E-state index contributed by atoms with van der Waals surface area (Å²) in [6.07, 6.45) is 3.33. The fourth-order valence-electron chi connectivity index (χ4n) is 1.82. The summed E-state index contributed by atoms with van der Waals surface area (Å²) >= 11 is 1.51. The number of anilines is 1. The summed E-state index contributed by atoms with van der Waals surface area (Å²) in [6.45, 7) is 4.93. The first-order valence-corrected chi connectivity index (χ1v) is 6.62. The molecule has 0 spiro atoms. The molecule has 0 radical (unpaired) electrons. The van der Waals surface area contributed by atoms with Crippen LogP contribution in [0.5, 0.6) is 0 Å². The van der Waals surface area contributed by atoms with E-state index in [2.05, 4.69) is 6.92 Å². The van der Waals surface area contributed by atoms with Gasteiger partial charge >= 0.3 is 0 Å². The summed E-state index contributed by atoms with van der Waals surface area (Å²) in [6, 6.07) is 2.30. The van der Waals surface area contributed by atoms with Gasteiger partial charge in [0.15, 0.2) is 0 Å². The Hall–Kier alpha value is -1.03. The monoisotopic (exact) mass is 238 g/mol. The molecule has 0 aliphatic heterocycles. The second kappa shape index (κ2) is 4.45. The van der Waals surface area contributed by atoms with Crippen molar-refractivity contribution < 1.29 is 4.79 Å². The molecule has 88 valence electrons. The van der Waals surface area contributed by atoms with E-state index in [0.717, 1.165) is 41.2 Å². The zero-order valence-electron chi connectivity index (χ0n) is 9.82. The third-order valence-corrected chi connectivity index (χ3v) is 3.93. The van der Waals surface area contributed by atoms with E-state index in [1.807, 2.05) is 17.9 Å². The Bertz CT molecular complexity index is 376. The van der Waals surface area contributed by atoms with Gasteiger partial charge in [-0.1, -0.05) is 6.92 Å². The lowest BCUT2D eigenvalue weighted by Gasteiger charge is -2.20. The van der Waals surface area contributed by atoms with Crippen molar-refractivity contribution in [3.05, 3.63) is 15.8 Å². The Labute approximate surface area is 100 Å². The van der Waals surface area contributed by atoms with Gasteiger partial charge in [-0.3, -0.25) is 4.79 Å². The lowest BCUT2D eigenvalue weighted by Crippen LogP contribution is -2.33. The maximum atomic E-state index is 12.3. The van der Waals surface area contributed by atoms with Crippen molar-refractivity contribution in [3.8, 4) is 0 Å². The van der Waals surface area contributed by atoms with Gasteiger partial charge in [-0.25, -0.2) is 0 Å². The van der Waals surface area contributed by atoms with Crippen LogP contribution in [-0.4, -0.2) is 23.4 Å². The summed E-state index contributed by atoms with van der Waals surface area (Å²) in [4.78, 5) is 16.1. The van der Waals surface area contributed by atoms with Crippen LogP contribution in [0.1, 0.15) is 40.7 Å². The van der Waals surface area contributed by atoms with Crippen molar-refractivity contribution in [3.63, 3.8) is 0 Å². The molecule has 3 nitrogen and oxygen atoms in total. The van der Waals surface area contributed by atoms with E-state index >= 15 is 0 Å². The molecule has 0 bridgehead atoms. The van der Waals surface area contributed by atoms with E-state index in [-0.39, 0.29) is 5.91 Å². The Morgan fingerprint density at radius 3 is 2.75 bits per heavy atom. The molecule has 0 unspecified atom stereocenters. The van der Waals surface area contributed by atoms with Crippen LogP contribution in [0.2, 0.25) is 0 Å². The van der Waals surface area contributed by atoms with Gasteiger partial charge in [0.2, 0.25) is 0 Å².